The van der Waals surface area contributed by atoms with E-state index in [1.165, 1.54) is 0 Å². The molecule has 33 heavy (non-hydrogen) atoms. The molecule has 0 radical (unpaired) electrons. The summed E-state index contributed by atoms with van der Waals surface area (Å²) < 4.78 is 0. The maximum absolute atomic E-state index is 13.6. The fraction of sp³-hybridized carbons (Fsp3) is 0.222. The van der Waals surface area contributed by atoms with Crippen LogP contribution in [0.4, 0.5) is 5.69 Å². The molecule has 1 unspecified atom stereocenters. The highest BCUT2D eigenvalue weighted by molar-refractivity contribution is 6.01. The van der Waals surface area contributed by atoms with E-state index < -0.39 is 11.9 Å². The predicted octanol–water partition coefficient (Wildman–Crippen LogP) is 3.18. The standard InChI is InChI=1S/C27H27N3O3/c31-24(18-20-10-3-1-4-11-20)28-19-25(32)29-26(22-13-5-2-6-14-22)27(33)30-17-9-15-21-12-7-8-16-23(21)30/h1-8,10-14,16,26H,9,15,17-19H2,(H,28,31)(H,29,32). The maximum atomic E-state index is 13.6. The summed E-state index contributed by atoms with van der Waals surface area (Å²) in [6, 6.07) is 25.6. The monoisotopic (exact) mass is 441 g/mol. The quantitative estimate of drug-likeness (QED) is 0.591. The zero-order valence-corrected chi connectivity index (χ0v) is 18.4. The number of anilines is 1. The smallest absolute Gasteiger partial charge is 0.254 e. The molecule has 0 saturated heterocycles. The van der Waals surface area contributed by atoms with Crippen molar-refractivity contribution in [3.63, 3.8) is 0 Å². The fourth-order valence-corrected chi connectivity index (χ4v) is 4.09. The van der Waals surface area contributed by atoms with Gasteiger partial charge in [-0.2, -0.15) is 0 Å². The highest BCUT2D eigenvalue weighted by Gasteiger charge is 2.30. The van der Waals surface area contributed by atoms with Crippen LogP contribution in [-0.2, 0) is 27.2 Å². The third-order valence-electron chi connectivity index (χ3n) is 5.72. The topological polar surface area (TPSA) is 78.5 Å². The van der Waals surface area contributed by atoms with E-state index in [0.717, 1.165) is 29.7 Å². The molecule has 3 aromatic rings. The summed E-state index contributed by atoms with van der Waals surface area (Å²) in [6.07, 6.45) is 1.99. The summed E-state index contributed by atoms with van der Waals surface area (Å²) in [4.78, 5) is 40.3. The Morgan fingerprint density at radius 3 is 2.24 bits per heavy atom. The van der Waals surface area contributed by atoms with Crippen LogP contribution >= 0.6 is 0 Å². The number of benzene rings is 3. The second-order valence-electron chi connectivity index (χ2n) is 8.07. The first-order chi connectivity index (χ1) is 16.1. The van der Waals surface area contributed by atoms with Crippen molar-refractivity contribution in [1.29, 1.82) is 0 Å². The van der Waals surface area contributed by atoms with Crippen LogP contribution in [0.3, 0.4) is 0 Å². The van der Waals surface area contributed by atoms with Crippen molar-refractivity contribution in [1.82, 2.24) is 10.6 Å². The normalized spacial score (nSPS) is 13.5. The number of fused-ring (bicyclic) bond motifs is 1. The molecule has 0 fully saturated rings. The van der Waals surface area contributed by atoms with E-state index in [2.05, 4.69) is 10.6 Å². The molecule has 0 aromatic heterocycles. The van der Waals surface area contributed by atoms with E-state index in [9.17, 15) is 14.4 Å². The number of aryl methyl sites for hydroxylation is 1. The Morgan fingerprint density at radius 1 is 0.818 bits per heavy atom. The van der Waals surface area contributed by atoms with Gasteiger partial charge in [-0.05, 0) is 35.6 Å². The zero-order chi connectivity index (χ0) is 23.0. The van der Waals surface area contributed by atoms with Crippen molar-refractivity contribution in [3.8, 4) is 0 Å². The fourth-order valence-electron chi connectivity index (χ4n) is 4.09. The molecule has 0 saturated carbocycles. The Morgan fingerprint density at radius 2 is 1.48 bits per heavy atom. The van der Waals surface area contributed by atoms with Crippen molar-refractivity contribution in [2.24, 2.45) is 0 Å². The summed E-state index contributed by atoms with van der Waals surface area (Å²) in [5, 5.41) is 5.48. The Hall–Kier alpha value is -3.93. The first-order valence-electron chi connectivity index (χ1n) is 11.2. The average Bonchev–Trinajstić information content (AvgIpc) is 2.86. The molecule has 6 heteroatoms. The third-order valence-corrected chi connectivity index (χ3v) is 5.72. The molecule has 0 aliphatic carbocycles. The molecule has 3 aromatic carbocycles. The number of nitrogens with zero attached hydrogens (tertiary/aromatic N) is 1. The first-order valence-corrected chi connectivity index (χ1v) is 11.2. The van der Waals surface area contributed by atoms with Crippen molar-refractivity contribution in [2.45, 2.75) is 25.3 Å². The van der Waals surface area contributed by atoms with Crippen LogP contribution in [0.1, 0.15) is 29.2 Å². The minimum atomic E-state index is -0.837. The molecule has 6 nitrogen and oxygen atoms in total. The van der Waals surface area contributed by atoms with Gasteiger partial charge in [-0.15, -0.1) is 0 Å². The number of rotatable bonds is 7. The van der Waals surface area contributed by atoms with Gasteiger partial charge in [-0.25, -0.2) is 0 Å². The van der Waals surface area contributed by atoms with Gasteiger partial charge in [0.2, 0.25) is 11.8 Å². The average molecular weight is 442 g/mol. The summed E-state index contributed by atoms with van der Waals surface area (Å²) in [5.41, 5.74) is 3.59. The second-order valence-corrected chi connectivity index (χ2v) is 8.07. The molecule has 4 rings (SSSR count). The third kappa shape index (κ3) is 5.66. The van der Waals surface area contributed by atoms with Gasteiger partial charge in [0.1, 0.15) is 6.04 Å². The van der Waals surface area contributed by atoms with E-state index in [-0.39, 0.29) is 24.8 Å². The summed E-state index contributed by atoms with van der Waals surface area (Å²) in [7, 11) is 0. The Bertz CT molecular complexity index is 1120. The largest absolute Gasteiger partial charge is 0.347 e. The first kappa shape index (κ1) is 22.3. The van der Waals surface area contributed by atoms with Crippen LogP contribution in [0.5, 0.6) is 0 Å². The van der Waals surface area contributed by atoms with Crippen LogP contribution in [0.15, 0.2) is 84.9 Å². The number of amides is 3. The van der Waals surface area contributed by atoms with Crippen LogP contribution in [0.2, 0.25) is 0 Å². The number of para-hydroxylation sites is 1. The highest BCUT2D eigenvalue weighted by Crippen LogP contribution is 2.29. The van der Waals surface area contributed by atoms with Gasteiger partial charge in [0.15, 0.2) is 0 Å². The van der Waals surface area contributed by atoms with Crippen LogP contribution in [0, 0.1) is 0 Å². The lowest BCUT2D eigenvalue weighted by Gasteiger charge is -2.32. The van der Waals surface area contributed by atoms with Gasteiger partial charge in [0.05, 0.1) is 13.0 Å². The lowest BCUT2D eigenvalue weighted by molar-refractivity contribution is -0.128. The van der Waals surface area contributed by atoms with Crippen molar-refractivity contribution < 1.29 is 14.4 Å². The van der Waals surface area contributed by atoms with Gasteiger partial charge in [0.25, 0.3) is 5.91 Å². The van der Waals surface area contributed by atoms with Crippen LogP contribution < -0.4 is 15.5 Å². The second kappa shape index (κ2) is 10.6. The zero-order valence-electron chi connectivity index (χ0n) is 18.4. The predicted molar refractivity (Wildman–Crippen MR) is 128 cm³/mol. The lowest BCUT2D eigenvalue weighted by atomic mass is 9.99. The molecule has 168 valence electrons. The van der Waals surface area contributed by atoms with Gasteiger partial charge in [0, 0.05) is 12.2 Å². The Labute approximate surface area is 193 Å². The number of carbonyl (C=O) groups is 3. The van der Waals surface area contributed by atoms with Gasteiger partial charge >= 0.3 is 0 Å². The summed E-state index contributed by atoms with van der Waals surface area (Å²) in [5.74, 6) is -0.842. The van der Waals surface area contributed by atoms with Gasteiger partial charge in [-0.3, -0.25) is 14.4 Å². The van der Waals surface area contributed by atoms with Crippen molar-refractivity contribution >= 4 is 23.4 Å². The SMILES string of the molecule is O=C(Cc1ccccc1)NCC(=O)NC(C(=O)N1CCCc2ccccc21)c1ccccc1. The molecule has 0 spiro atoms. The van der Waals surface area contributed by atoms with Crippen LogP contribution in [-0.4, -0.2) is 30.8 Å². The highest BCUT2D eigenvalue weighted by atomic mass is 16.2. The molecular formula is C27H27N3O3. The number of hydrogen-bond donors (Lipinski definition) is 2. The Balaban J connectivity index is 1.45. The Kier molecular flexibility index (Phi) is 7.15. The van der Waals surface area contributed by atoms with E-state index >= 15 is 0 Å². The van der Waals surface area contributed by atoms with E-state index in [4.69, 9.17) is 0 Å². The molecule has 1 atom stereocenters. The molecule has 0 bridgehead atoms. The molecule has 1 aliphatic heterocycles. The molecular weight excluding hydrogens is 414 g/mol. The number of nitrogens with one attached hydrogen (secondary N) is 2. The molecule has 3 amide bonds. The minimum Gasteiger partial charge on any atom is -0.347 e. The van der Waals surface area contributed by atoms with E-state index in [1.54, 1.807) is 4.90 Å². The number of carbonyl (C=O) groups excluding carboxylic acids is 3. The summed E-state index contributed by atoms with van der Waals surface area (Å²) in [6.45, 7) is 0.404. The van der Waals surface area contributed by atoms with E-state index in [0.29, 0.717) is 12.1 Å². The van der Waals surface area contributed by atoms with E-state index in [1.807, 2.05) is 84.9 Å². The lowest BCUT2D eigenvalue weighted by Crippen LogP contribution is -2.47. The molecule has 1 heterocycles. The maximum Gasteiger partial charge on any atom is 0.254 e. The van der Waals surface area contributed by atoms with Crippen molar-refractivity contribution in [2.75, 3.05) is 18.0 Å². The summed E-state index contributed by atoms with van der Waals surface area (Å²) >= 11 is 0. The van der Waals surface area contributed by atoms with Crippen LogP contribution in [0.25, 0.3) is 0 Å². The molecule has 2 N–H and O–H groups in total. The van der Waals surface area contributed by atoms with Crippen molar-refractivity contribution in [3.05, 3.63) is 102 Å². The number of hydrogen-bond acceptors (Lipinski definition) is 3. The van der Waals surface area contributed by atoms with Gasteiger partial charge in [-0.1, -0.05) is 78.9 Å². The van der Waals surface area contributed by atoms with Gasteiger partial charge < -0.3 is 15.5 Å². The minimum absolute atomic E-state index is 0.183. The molecule has 1 aliphatic rings.